The van der Waals surface area contributed by atoms with Crippen molar-refractivity contribution in [2.24, 2.45) is 0 Å². The number of benzene rings is 1. The van der Waals surface area contributed by atoms with E-state index in [0.717, 1.165) is 5.69 Å². The molecule has 1 aliphatic rings. The molecule has 2 aromatic rings. The zero-order chi connectivity index (χ0) is 17.9. The van der Waals surface area contributed by atoms with Crippen molar-refractivity contribution < 1.29 is 13.2 Å². The van der Waals surface area contributed by atoms with Crippen molar-refractivity contribution in [3.8, 4) is 5.69 Å². The summed E-state index contributed by atoms with van der Waals surface area (Å²) in [7, 11) is -3.20. The van der Waals surface area contributed by atoms with Gasteiger partial charge in [0.1, 0.15) is 0 Å². The van der Waals surface area contributed by atoms with Crippen LogP contribution in [0.5, 0.6) is 0 Å². The Bertz CT molecular complexity index is 814. The van der Waals surface area contributed by atoms with Gasteiger partial charge >= 0.3 is 0 Å². The number of carbonyl (C=O) groups is 1. The third-order valence-corrected chi connectivity index (χ3v) is 6.40. The van der Waals surface area contributed by atoms with Gasteiger partial charge in [-0.3, -0.25) is 4.79 Å². The SMILES string of the molecule is CCS(=O)(=O)N1CCCN(C(=O)c2ccc(-n3cccc3)cc2)CC1. The highest BCUT2D eigenvalue weighted by molar-refractivity contribution is 7.89. The smallest absolute Gasteiger partial charge is 0.253 e. The summed E-state index contributed by atoms with van der Waals surface area (Å²) in [6, 6.07) is 11.4. The van der Waals surface area contributed by atoms with E-state index in [1.54, 1.807) is 11.8 Å². The van der Waals surface area contributed by atoms with Gasteiger partial charge in [-0.1, -0.05) is 0 Å². The molecule has 1 fully saturated rings. The maximum Gasteiger partial charge on any atom is 0.253 e. The van der Waals surface area contributed by atoms with Crippen LogP contribution in [0.2, 0.25) is 0 Å². The van der Waals surface area contributed by atoms with E-state index in [0.29, 0.717) is 38.2 Å². The van der Waals surface area contributed by atoms with E-state index in [9.17, 15) is 13.2 Å². The van der Waals surface area contributed by atoms with Crippen molar-refractivity contribution in [1.82, 2.24) is 13.8 Å². The zero-order valence-electron chi connectivity index (χ0n) is 14.3. The topological polar surface area (TPSA) is 62.6 Å². The lowest BCUT2D eigenvalue weighted by molar-refractivity contribution is 0.0764. The first-order valence-corrected chi connectivity index (χ1v) is 10.1. The van der Waals surface area contributed by atoms with Crippen molar-refractivity contribution in [1.29, 1.82) is 0 Å². The average molecular weight is 361 g/mol. The van der Waals surface area contributed by atoms with E-state index in [1.807, 2.05) is 53.4 Å². The van der Waals surface area contributed by atoms with Gasteiger partial charge in [0.05, 0.1) is 5.75 Å². The lowest BCUT2D eigenvalue weighted by atomic mass is 10.1. The molecule has 1 amide bonds. The molecule has 1 aliphatic heterocycles. The van der Waals surface area contributed by atoms with Crippen molar-refractivity contribution in [3.05, 3.63) is 54.4 Å². The van der Waals surface area contributed by atoms with Crippen molar-refractivity contribution in [3.63, 3.8) is 0 Å². The molecular weight excluding hydrogens is 338 g/mol. The highest BCUT2D eigenvalue weighted by atomic mass is 32.2. The standard InChI is InChI=1S/C18H23N3O3S/c1-2-25(23,24)21-13-5-12-20(14-15-21)18(22)16-6-8-17(9-7-16)19-10-3-4-11-19/h3-4,6-11H,2,5,12-15H2,1H3. The second-order valence-electron chi connectivity index (χ2n) is 6.08. The van der Waals surface area contributed by atoms with E-state index >= 15 is 0 Å². The number of hydrogen-bond donors (Lipinski definition) is 0. The van der Waals surface area contributed by atoms with Gasteiger partial charge in [-0.2, -0.15) is 0 Å². The molecule has 0 unspecified atom stereocenters. The van der Waals surface area contributed by atoms with Crippen LogP contribution in [0.15, 0.2) is 48.8 Å². The number of rotatable bonds is 4. The van der Waals surface area contributed by atoms with Crippen molar-refractivity contribution in [2.45, 2.75) is 13.3 Å². The number of nitrogens with zero attached hydrogens (tertiary/aromatic N) is 3. The fourth-order valence-corrected chi connectivity index (χ4v) is 4.16. The Morgan fingerprint density at radius 1 is 1.00 bits per heavy atom. The minimum absolute atomic E-state index is 0.0465. The first kappa shape index (κ1) is 17.7. The third-order valence-electron chi connectivity index (χ3n) is 4.52. The molecule has 0 atom stereocenters. The van der Waals surface area contributed by atoms with E-state index in [-0.39, 0.29) is 11.7 Å². The number of aromatic nitrogens is 1. The molecule has 1 aromatic heterocycles. The molecule has 7 heteroatoms. The minimum atomic E-state index is -3.20. The van der Waals surface area contributed by atoms with Crippen LogP contribution >= 0.6 is 0 Å². The van der Waals surface area contributed by atoms with Crippen LogP contribution in [0, 0.1) is 0 Å². The molecule has 25 heavy (non-hydrogen) atoms. The van der Waals surface area contributed by atoms with Crippen LogP contribution in [0.1, 0.15) is 23.7 Å². The Kier molecular flexibility index (Phi) is 5.24. The highest BCUT2D eigenvalue weighted by Crippen LogP contribution is 2.14. The van der Waals surface area contributed by atoms with Crippen molar-refractivity contribution >= 4 is 15.9 Å². The molecule has 0 bridgehead atoms. The molecule has 2 heterocycles. The summed E-state index contributed by atoms with van der Waals surface area (Å²) in [6.45, 7) is 3.50. The molecule has 1 aromatic carbocycles. The highest BCUT2D eigenvalue weighted by Gasteiger charge is 2.25. The van der Waals surface area contributed by atoms with Crippen LogP contribution in [0.3, 0.4) is 0 Å². The molecule has 134 valence electrons. The molecule has 0 radical (unpaired) electrons. The largest absolute Gasteiger partial charge is 0.337 e. The fraction of sp³-hybridized carbons (Fsp3) is 0.389. The summed E-state index contributed by atoms with van der Waals surface area (Å²) in [4.78, 5) is 14.5. The Hall–Kier alpha value is -2.12. The quantitative estimate of drug-likeness (QED) is 0.836. The second-order valence-corrected chi connectivity index (χ2v) is 8.34. The monoisotopic (exact) mass is 361 g/mol. The second kappa shape index (κ2) is 7.41. The van der Waals surface area contributed by atoms with Crippen LogP contribution in [-0.4, -0.2) is 60.0 Å². The molecule has 0 N–H and O–H groups in total. The Morgan fingerprint density at radius 3 is 2.32 bits per heavy atom. The molecule has 1 saturated heterocycles. The van der Waals surface area contributed by atoms with Gasteiger partial charge in [-0.05, 0) is 49.7 Å². The first-order valence-electron chi connectivity index (χ1n) is 8.52. The average Bonchev–Trinajstić information content (AvgIpc) is 3.05. The zero-order valence-corrected chi connectivity index (χ0v) is 15.2. The van der Waals surface area contributed by atoms with Gasteiger partial charge in [0, 0.05) is 49.8 Å². The third kappa shape index (κ3) is 3.93. The molecule has 0 spiro atoms. The Labute approximate surface area is 148 Å². The van der Waals surface area contributed by atoms with Crippen LogP contribution in [0.25, 0.3) is 5.69 Å². The number of carbonyl (C=O) groups excluding carboxylic acids is 1. The predicted octanol–water partition coefficient (Wildman–Crippen LogP) is 1.97. The minimum Gasteiger partial charge on any atom is -0.337 e. The summed E-state index contributed by atoms with van der Waals surface area (Å²) < 4.78 is 27.5. The lowest BCUT2D eigenvalue weighted by Gasteiger charge is -2.21. The fourth-order valence-electron chi connectivity index (χ4n) is 3.02. The summed E-state index contributed by atoms with van der Waals surface area (Å²) in [5.74, 6) is 0.0525. The van der Waals surface area contributed by atoms with E-state index in [1.165, 1.54) is 4.31 Å². The number of hydrogen-bond acceptors (Lipinski definition) is 3. The van der Waals surface area contributed by atoms with Gasteiger partial charge < -0.3 is 9.47 Å². The maximum atomic E-state index is 12.7. The molecular formula is C18H23N3O3S. The van der Waals surface area contributed by atoms with Gasteiger partial charge in [0.15, 0.2) is 0 Å². The van der Waals surface area contributed by atoms with Gasteiger partial charge in [-0.15, -0.1) is 0 Å². The normalized spacial score (nSPS) is 16.6. The van der Waals surface area contributed by atoms with E-state index < -0.39 is 10.0 Å². The number of amides is 1. The number of sulfonamides is 1. The van der Waals surface area contributed by atoms with Crippen molar-refractivity contribution in [2.75, 3.05) is 31.9 Å². The predicted molar refractivity (Wildman–Crippen MR) is 97.3 cm³/mol. The van der Waals surface area contributed by atoms with Gasteiger partial charge in [0.2, 0.25) is 10.0 Å². The van der Waals surface area contributed by atoms with E-state index in [2.05, 4.69) is 0 Å². The van der Waals surface area contributed by atoms with Gasteiger partial charge in [-0.25, -0.2) is 12.7 Å². The van der Waals surface area contributed by atoms with E-state index in [4.69, 9.17) is 0 Å². The summed E-state index contributed by atoms with van der Waals surface area (Å²) in [6.07, 6.45) is 4.56. The maximum absolute atomic E-state index is 12.7. The first-order chi connectivity index (χ1) is 12.0. The summed E-state index contributed by atoms with van der Waals surface area (Å²) >= 11 is 0. The van der Waals surface area contributed by atoms with Crippen LogP contribution in [0.4, 0.5) is 0 Å². The molecule has 0 aliphatic carbocycles. The lowest BCUT2D eigenvalue weighted by Crippen LogP contribution is -2.37. The Balaban J connectivity index is 1.69. The molecule has 6 nitrogen and oxygen atoms in total. The molecule has 3 rings (SSSR count). The Morgan fingerprint density at radius 2 is 1.68 bits per heavy atom. The van der Waals surface area contributed by atoms with Crippen LogP contribution in [-0.2, 0) is 10.0 Å². The summed E-state index contributed by atoms with van der Waals surface area (Å²) in [5, 5.41) is 0. The van der Waals surface area contributed by atoms with Gasteiger partial charge in [0.25, 0.3) is 5.91 Å². The molecule has 0 saturated carbocycles. The van der Waals surface area contributed by atoms with Crippen LogP contribution < -0.4 is 0 Å². The summed E-state index contributed by atoms with van der Waals surface area (Å²) in [5.41, 5.74) is 1.63.